The van der Waals surface area contributed by atoms with Crippen LogP contribution in [0.2, 0.25) is 0 Å². The SMILES string of the molecule is CCN(C)c1cnc(Nc2ccc(C(=O)NC3CC4(CCN(C(=O)OC(C)(C)C)CC4)C3)cc2OC)nc1N(CC(F)(F)C=O)C1CCCC1. The van der Waals surface area contributed by atoms with Crippen LogP contribution in [-0.2, 0) is 9.53 Å². The molecule has 274 valence electrons. The third-order valence-corrected chi connectivity index (χ3v) is 10.1. The van der Waals surface area contributed by atoms with E-state index >= 15 is 0 Å². The Balaban J connectivity index is 1.25. The zero-order chi connectivity index (χ0) is 36.3. The minimum absolute atomic E-state index is 0.0420. The Bertz CT molecular complexity index is 1530. The molecule has 1 saturated heterocycles. The number of rotatable bonds is 12. The maximum atomic E-state index is 14.5. The lowest BCUT2D eigenvalue weighted by atomic mass is 9.60. The van der Waals surface area contributed by atoms with Crippen LogP contribution >= 0.6 is 0 Å². The molecule has 3 fully saturated rings. The molecule has 1 aromatic carbocycles. The molecule has 2 aliphatic carbocycles. The monoisotopic (exact) mass is 699 g/mol. The van der Waals surface area contributed by atoms with E-state index in [2.05, 4.69) is 15.6 Å². The van der Waals surface area contributed by atoms with Gasteiger partial charge in [0.25, 0.3) is 5.91 Å². The van der Waals surface area contributed by atoms with E-state index in [9.17, 15) is 23.2 Å². The summed E-state index contributed by atoms with van der Waals surface area (Å²) < 4.78 is 40.2. The van der Waals surface area contributed by atoms with Crippen LogP contribution in [0.1, 0.15) is 89.4 Å². The number of aromatic nitrogens is 2. The lowest BCUT2D eigenvalue weighted by Gasteiger charge is -2.52. The Labute approximate surface area is 293 Å². The number of likely N-dealkylation sites (tertiary alicyclic amines) is 1. The molecule has 5 rings (SSSR count). The van der Waals surface area contributed by atoms with E-state index in [0.717, 1.165) is 51.4 Å². The van der Waals surface area contributed by atoms with Gasteiger partial charge in [-0.2, -0.15) is 13.8 Å². The van der Waals surface area contributed by atoms with Gasteiger partial charge in [0, 0.05) is 44.3 Å². The van der Waals surface area contributed by atoms with Gasteiger partial charge in [0.2, 0.25) is 5.95 Å². The van der Waals surface area contributed by atoms with Crippen LogP contribution in [-0.4, -0.2) is 97.1 Å². The fourth-order valence-corrected chi connectivity index (χ4v) is 7.25. The summed E-state index contributed by atoms with van der Waals surface area (Å²) in [6.07, 6.45) is 7.76. The minimum Gasteiger partial charge on any atom is -0.495 e. The number of alkyl halides is 2. The van der Waals surface area contributed by atoms with E-state index in [4.69, 9.17) is 14.5 Å². The number of methoxy groups -OCH3 is 1. The van der Waals surface area contributed by atoms with Crippen LogP contribution in [0.25, 0.3) is 0 Å². The molecule has 0 bridgehead atoms. The van der Waals surface area contributed by atoms with Crippen molar-refractivity contribution in [1.82, 2.24) is 20.2 Å². The highest BCUT2D eigenvalue weighted by Crippen LogP contribution is 2.49. The molecule has 0 unspecified atom stereocenters. The minimum atomic E-state index is -3.54. The van der Waals surface area contributed by atoms with Gasteiger partial charge in [-0.05, 0) is 89.8 Å². The normalized spacial score (nSPS) is 18.0. The molecule has 2 N–H and O–H groups in total. The van der Waals surface area contributed by atoms with Gasteiger partial charge in [0.15, 0.2) is 12.1 Å². The summed E-state index contributed by atoms with van der Waals surface area (Å²) in [7, 11) is 3.34. The lowest BCUT2D eigenvalue weighted by Crippen LogP contribution is -2.55. The highest BCUT2D eigenvalue weighted by molar-refractivity contribution is 5.95. The predicted octanol–water partition coefficient (Wildman–Crippen LogP) is 6.18. The molecule has 14 heteroatoms. The Morgan fingerprint density at radius 3 is 2.42 bits per heavy atom. The molecule has 2 aromatic rings. The molecule has 3 aliphatic rings. The van der Waals surface area contributed by atoms with Crippen molar-refractivity contribution in [2.24, 2.45) is 5.41 Å². The van der Waals surface area contributed by atoms with Crippen LogP contribution in [0.4, 0.5) is 36.7 Å². The van der Waals surface area contributed by atoms with Crippen LogP contribution in [0.15, 0.2) is 24.4 Å². The van der Waals surface area contributed by atoms with Crippen LogP contribution < -0.4 is 25.2 Å². The van der Waals surface area contributed by atoms with E-state index < -0.39 is 18.1 Å². The van der Waals surface area contributed by atoms with Crippen molar-refractivity contribution < 1.29 is 32.6 Å². The summed E-state index contributed by atoms with van der Waals surface area (Å²) in [5.74, 6) is -2.88. The summed E-state index contributed by atoms with van der Waals surface area (Å²) in [6.45, 7) is 8.65. The maximum absolute atomic E-state index is 14.5. The number of piperidine rings is 1. The highest BCUT2D eigenvalue weighted by atomic mass is 19.3. The molecule has 0 atom stereocenters. The Kier molecular flexibility index (Phi) is 11.1. The Hall–Kier alpha value is -4.23. The van der Waals surface area contributed by atoms with Crippen molar-refractivity contribution in [2.45, 2.75) is 103 Å². The second-order valence-corrected chi connectivity index (χ2v) is 14.9. The maximum Gasteiger partial charge on any atom is 0.410 e. The van der Waals surface area contributed by atoms with Crippen LogP contribution in [0, 0.1) is 5.41 Å². The molecule has 2 saturated carbocycles. The number of hydrogen-bond acceptors (Lipinski definition) is 10. The van der Waals surface area contributed by atoms with Gasteiger partial charge >= 0.3 is 12.0 Å². The number of hydrogen-bond donors (Lipinski definition) is 2. The van der Waals surface area contributed by atoms with Gasteiger partial charge in [0.05, 0.1) is 31.2 Å². The van der Waals surface area contributed by atoms with Gasteiger partial charge in [-0.1, -0.05) is 12.8 Å². The summed E-state index contributed by atoms with van der Waals surface area (Å²) >= 11 is 0. The molecule has 1 spiro atoms. The summed E-state index contributed by atoms with van der Waals surface area (Å²) in [5.41, 5.74) is 1.10. The average molecular weight is 700 g/mol. The number of anilines is 4. The van der Waals surface area contributed by atoms with Crippen molar-refractivity contribution >= 4 is 41.4 Å². The van der Waals surface area contributed by atoms with E-state index in [1.807, 2.05) is 39.6 Å². The summed E-state index contributed by atoms with van der Waals surface area (Å²) in [5, 5.41) is 6.29. The molecule has 12 nitrogen and oxygen atoms in total. The number of nitrogens with one attached hydrogen (secondary N) is 2. The third kappa shape index (κ3) is 8.73. The van der Waals surface area contributed by atoms with Crippen molar-refractivity contribution in [3.05, 3.63) is 30.0 Å². The van der Waals surface area contributed by atoms with E-state index in [-0.39, 0.29) is 41.7 Å². The Morgan fingerprint density at radius 1 is 1.14 bits per heavy atom. The first-order valence-corrected chi connectivity index (χ1v) is 17.6. The van der Waals surface area contributed by atoms with Crippen LogP contribution in [0.5, 0.6) is 5.75 Å². The van der Waals surface area contributed by atoms with Crippen molar-refractivity contribution in [2.75, 3.05) is 55.5 Å². The number of carbonyl (C=O) groups is 3. The standard InChI is InChI=1S/C36H51F2N7O5/c1-7-43(5)28-21-39-32(42-30(28)45(22-36(37,38)23-46)26-10-8-9-11-26)41-27-13-12-24(18-29(27)49-6)31(47)40-25-19-35(20-25)14-16-44(17-15-35)33(48)50-34(2,3)4/h12-13,18,21,23,25-26H,7-11,14-17,19-20,22H2,1-6H3,(H,40,47)(H,39,41,42). The largest absolute Gasteiger partial charge is 0.495 e. The summed E-state index contributed by atoms with van der Waals surface area (Å²) in [4.78, 5) is 51.4. The molecule has 0 radical (unpaired) electrons. The molecule has 2 amide bonds. The van der Waals surface area contributed by atoms with E-state index in [1.54, 1.807) is 34.2 Å². The van der Waals surface area contributed by atoms with Gasteiger partial charge in [-0.3, -0.25) is 9.59 Å². The van der Waals surface area contributed by atoms with E-state index in [0.29, 0.717) is 48.1 Å². The van der Waals surface area contributed by atoms with Gasteiger partial charge in [0.1, 0.15) is 11.4 Å². The molecule has 1 aromatic heterocycles. The van der Waals surface area contributed by atoms with Crippen molar-refractivity contribution in [1.29, 1.82) is 0 Å². The first-order chi connectivity index (χ1) is 23.6. The van der Waals surface area contributed by atoms with Crippen molar-refractivity contribution in [3.8, 4) is 5.75 Å². The predicted molar refractivity (Wildman–Crippen MR) is 188 cm³/mol. The summed E-state index contributed by atoms with van der Waals surface area (Å²) in [6, 6.07) is 4.88. The second-order valence-electron chi connectivity index (χ2n) is 14.9. The topological polar surface area (TPSA) is 129 Å². The molecule has 50 heavy (non-hydrogen) atoms. The molecule has 1 aliphatic heterocycles. The zero-order valence-electron chi connectivity index (χ0n) is 30.1. The lowest BCUT2D eigenvalue weighted by molar-refractivity contribution is -0.128. The van der Waals surface area contributed by atoms with Crippen molar-refractivity contribution in [3.63, 3.8) is 0 Å². The first kappa shape index (κ1) is 37.0. The number of nitrogens with zero attached hydrogens (tertiary/aromatic N) is 5. The Morgan fingerprint density at radius 2 is 1.82 bits per heavy atom. The van der Waals surface area contributed by atoms with Crippen LogP contribution in [0.3, 0.4) is 0 Å². The number of halogens is 2. The molecule has 2 heterocycles. The third-order valence-electron chi connectivity index (χ3n) is 10.1. The second kappa shape index (κ2) is 14.9. The smallest absolute Gasteiger partial charge is 0.410 e. The number of carbonyl (C=O) groups excluding carboxylic acids is 3. The number of benzene rings is 1. The average Bonchev–Trinajstić information content (AvgIpc) is 3.61. The number of ether oxygens (including phenoxy) is 2. The fraction of sp³-hybridized carbons (Fsp3) is 0.639. The van der Waals surface area contributed by atoms with Gasteiger partial charge in [-0.15, -0.1) is 0 Å². The number of amides is 2. The van der Waals surface area contributed by atoms with Gasteiger partial charge in [-0.25, -0.2) is 9.78 Å². The highest BCUT2D eigenvalue weighted by Gasteiger charge is 2.47. The molecular formula is C36H51F2N7O5. The molecular weight excluding hydrogens is 648 g/mol. The van der Waals surface area contributed by atoms with Gasteiger partial charge < -0.3 is 34.8 Å². The quantitative estimate of drug-likeness (QED) is 0.248. The first-order valence-electron chi connectivity index (χ1n) is 17.6. The number of aldehydes is 1. The van der Waals surface area contributed by atoms with E-state index in [1.165, 1.54) is 7.11 Å². The fourth-order valence-electron chi connectivity index (χ4n) is 7.25. The zero-order valence-corrected chi connectivity index (χ0v) is 30.1.